The summed E-state index contributed by atoms with van der Waals surface area (Å²) in [6, 6.07) is 8.95. The number of benzene rings is 1. The van der Waals surface area contributed by atoms with E-state index in [4.69, 9.17) is 5.73 Å². The molecule has 92 valence electrons. The van der Waals surface area contributed by atoms with E-state index in [1.807, 2.05) is 0 Å². The SMILES string of the molecule is Nc1cccc(C(=O)Nc2cc(Br)ccc2F)n1. The van der Waals surface area contributed by atoms with Gasteiger partial charge in [-0.2, -0.15) is 0 Å². The molecular formula is C12H9BrFN3O. The highest BCUT2D eigenvalue weighted by molar-refractivity contribution is 9.10. The summed E-state index contributed by atoms with van der Waals surface area (Å²) in [5.41, 5.74) is 5.69. The first-order valence-electron chi connectivity index (χ1n) is 5.05. The summed E-state index contributed by atoms with van der Waals surface area (Å²) in [5, 5.41) is 2.43. The van der Waals surface area contributed by atoms with Crippen LogP contribution in [0.3, 0.4) is 0 Å². The number of carbonyl (C=O) groups is 1. The number of nitrogens with two attached hydrogens (primary N) is 1. The van der Waals surface area contributed by atoms with Gasteiger partial charge < -0.3 is 11.1 Å². The molecule has 1 aromatic carbocycles. The molecule has 6 heteroatoms. The minimum absolute atomic E-state index is 0.0820. The van der Waals surface area contributed by atoms with Crippen molar-refractivity contribution in [2.75, 3.05) is 11.1 Å². The van der Waals surface area contributed by atoms with E-state index in [0.717, 1.165) is 0 Å². The topological polar surface area (TPSA) is 68.0 Å². The van der Waals surface area contributed by atoms with Crippen LogP contribution in [0.25, 0.3) is 0 Å². The number of carbonyl (C=O) groups excluding carboxylic acids is 1. The number of nitrogen functional groups attached to an aromatic ring is 1. The number of amides is 1. The molecule has 0 fully saturated rings. The number of halogens is 2. The summed E-state index contributed by atoms with van der Waals surface area (Å²) in [4.78, 5) is 15.7. The van der Waals surface area contributed by atoms with Crippen molar-refractivity contribution in [2.24, 2.45) is 0 Å². The smallest absolute Gasteiger partial charge is 0.274 e. The van der Waals surface area contributed by atoms with Crippen LogP contribution < -0.4 is 11.1 Å². The lowest BCUT2D eigenvalue weighted by molar-refractivity contribution is 0.102. The minimum Gasteiger partial charge on any atom is -0.384 e. The number of aromatic nitrogens is 1. The highest BCUT2D eigenvalue weighted by Gasteiger charge is 2.11. The first-order chi connectivity index (χ1) is 8.56. The zero-order valence-corrected chi connectivity index (χ0v) is 10.7. The molecule has 1 heterocycles. The second-order valence-electron chi connectivity index (χ2n) is 3.53. The Balaban J connectivity index is 2.24. The van der Waals surface area contributed by atoms with Crippen LogP contribution in [0.2, 0.25) is 0 Å². The quantitative estimate of drug-likeness (QED) is 0.896. The fourth-order valence-electron chi connectivity index (χ4n) is 1.36. The van der Waals surface area contributed by atoms with Gasteiger partial charge in [-0.15, -0.1) is 0 Å². The molecular weight excluding hydrogens is 301 g/mol. The predicted octanol–water partition coefficient (Wildman–Crippen LogP) is 2.82. The van der Waals surface area contributed by atoms with Gasteiger partial charge in [0.05, 0.1) is 5.69 Å². The van der Waals surface area contributed by atoms with Crippen LogP contribution in [0.5, 0.6) is 0 Å². The Labute approximate surface area is 111 Å². The highest BCUT2D eigenvalue weighted by Crippen LogP contribution is 2.20. The van der Waals surface area contributed by atoms with Gasteiger partial charge in [0.15, 0.2) is 0 Å². The number of nitrogens with zero attached hydrogens (tertiary/aromatic N) is 1. The van der Waals surface area contributed by atoms with Crippen molar-refractivity contribution in [1.82, 2.24) is 4.98 Å². The molecule has 3 N–H and O–H groups in total. The van der Waals surface area contributed by atoms with Gasteiger partial charge in [0.1, 0.15) is 17.3 Å². The van der Waals surface area contributed by atoms with E-state index in [1.54, 1.807) is 18.2 Å². The first kappa shape index (κ1) is 12.5. The molecule has 2 aromatic rings. The van der Waals surface area contributed by atoms with Crippen molar-refractivity contribution in [2.45, 2.75) is 0 Å². The van der Waals surface area contributed by atoms with Crippen molar-refractivity contribution < 1.29 is 9.18 Å². The van der Waals surface area contributed by atoms with Gasteiger partial charge in [-0.3, -0.25) is 4.79 Å². The van der Waals surface area contributed by atoms with Crippen LogP contribution in [-0.2, 0) is 0 Å². The van der Waals surface area contributed by atoms with Crippen molar-refractivity contribution in [1.29, 1.82) is 0 Å². The van der Waals surface area contributed by atoms with Crippen molar-refractivity contribution >= 4 is 33.3 Å². The molecule has 2 rings (SSSR count). The fourth-order valence-corrected chi connectivity index (χ4v) is 1.72. The molecule has 4 nitrogen and oxygen atoms in total. The summed E-state index contributed by atoms with van der Waals surface area (Å²) in [6.07, 6.45) is 0. The Morgan fingerprint density at radius 1 is 1.33 bits per heavy atom. The lowest BCUT2D eigenvalue weighted by Crippen LogP contribution is -2.15. The molecule has 0 radical (unpaired) electrons. The fraction of sp³-hybridized carbons (Fsp3) is 0. The largest absolute Gasteiger partial charge is 0.384 e. The van der Waals surface area contributed by atoms with E-state index in [2.05, 4.69) is 26.2 Å². The first-order valence-corrected chi connectivity index (χ1v) is 5.84. The molecule has 0 bridgehead atoms. The Hall–Kier alpha value is -1.95. The monoisotopic (exact) mass is 309 g/mol. The second-order valence-corrected chi connectivity index (χ2v) is 4.44. The van der Waals surface area contributed by atoms with Gasteiger partial charge in [0.25, 0.3) is 5.91 Å². The molecule has 0 aliphatic rings. The molecule has 1 amide bonds. The lowest BCUT2D eigenvalue weighted by atomic mass is 10.3. The second kappa shape index (κ2) is 5.14. The summed E-state index contributed by atoms with van der Waals surface area (Å²) in [6.45, 7) is 0. The number of hydrogen-bond acceptors (Lipinski definition) is 3. The normalized spacial score (nSPS) is 10.1. The number of anilines is 2. The summed E-state index contributed by atoms with van der Waals surface area (Å²) >= 11 is 3.20. The van der Waals surface area contributed by atoms with E-state index < -0.39 is 11.7 Å². The maximum atomic E-state index is 13.4. The van der Waals surface area contributed by atoms with Gasteiger partial charge in [-0.1, -0.05) is 22.0 Å². The summed E-state index contributed by atoms with van der Waals surface area (Å²) in [7, 11) is 0. The van der Waals surface area contributed by atoms with Gasteiger partial charge in [0.2, 0.25) is 0 Å². The molecule has 0 aliphatic carbocycles. The van der Waals surface area contributed by atoms with E-state index in [1.165, 1.54) is 18.2 Å². The molecule has 0 spiro atoms. The van der Waals surface area contributed by atoms with Crippen LogP contribution in [0.15, 0.2) is 40.9 Å². The molecule has 0 atom stereocenters. The van der Waals surface area contributed by atoms with Gasteiger partial charge in [-0.05, 0) is 30.3 Å². The number of hydrogen-bond donors (Lipinski definition) is 2. The van der Waals surface area contributed by atoms with Gasteiger partial charge in [-0.25, -0.2) is 9.37 Å². The van der Waals surface area contributed by atoms with Crippen LogP contribution >= 0.6 is 15.9 Å². The summed E-state index contributed by atoms with van der Waals surface area (Å²) in [5.74, 6) is -0.799. The average molecular weight is 310 g/mol. The Morgan fingerprint density at radius 3 is 2.83 bits per heavy atom. The Bertz CT molecular complexity index is 604. The third-order valence-corrected chi connectivity index (χ3v) is 2.67. The molecule has 1 aromatic heterocycles. The average Bonchev–Trinajstić information content (AvgIpc) is 2.34. The van der Waals surface area contributed by atoms with Crippen molar-refractivity contribution in [3.8, 4) is 0 Å². The zero-order valence-electron chi connectivity index (χ0n) is 9.15. The Morgan fingerprint density at radius 2 is 2.11 bits per heavy atom. The molecule has 18 heavy (non-hydrogen) atoms. The van der Waals surface area contributed by atoms with E-state index in [-0.39, 0.29) is 17.2 Å². The van der Waals surface area contributed by atoms with E-state index in [9.17, 15) is 9.18 Å². The Kier molecular flexibility index (Phi) is 3.57. The van der Waals surface area contributed by atoms with E-state index >= 15 is 0 Å². The zero-order chi connectivity index (χ0) is 13.1. The van der Waals surface area contributed by atoms with Gasteiger partial charge >= 0.3 is 0 Å². The van der Waals surface area contributed by atoms with Crippen LogP contribution in [0.4, 0.5) is 15.9 Å². The third-order valence-electron chi connectivity index (χ3n) is 2.18. The van der Waals surface area contributed by atoms with E-state index in [0.29, 0.717) is 4.47 Å². The molecule has 0 saturated carbocycles. The van der Waals surface area contributed by atoms with Gasteiger partial charge in [0, 0.05) is 4.47 Å². The summed E-state index contributed by atoms with van der Waals surface area (Å²) < 4.78 is 14.1. The molecule has 0 saturated heterocycles. The maximum Gasteiger partial charge on any atom is 0.274 e. The van der Waals surface area contributed by atoms with Crippen LogP contribution in [-0.4, -0.2) is 10.9 Å². The third kappa shape index (κ3) is 2.84. The van der Waals surface area contributed by atoms with Crippen molar-refractivity contribution in [3.63, 3.8) is 0 Å². The predicted molar refractivity (Wildman–Crippen MR) is 70.7 cm³/mol. The van der Waals surface area contributed by atoms with Crippen molar-refractivity contribution in [3.05, 3.63) is 52.4 Å². The molecule has 0 unspecified atom stereocenters. The highest BCUT2D eigenvalue weighted by atomic mass is 79.9. The van der Waals surface area contributed by atoms with Crippen LogP contribution in [0.1, 0.15) is 10.5 Å². The number of pyridine rings is 1. The number of rotatable bonds is 2. The maximum absolute atomic E-state index is 13.4. The standard InChI is InChI=1S/C12H9BrFN3O/c13-7-4-5-8(14)10(6-7)17-12(18)9-2-1-3-11(15)16-9/h1-6H,(H2,15,16)(H,17,18). The lowest BCUT2D eigenvalue weighted by Gasteiger charge is -2.06. The minimum atomic E-state index is -0.518. The van der Waals surface area contributed by atoms with Crippen LogP contribution in [0, 0.1) is 5.82 Å². The number of nitrogens with one attached hydrogen (secondary N) is 1. The molecule has 0 aliphatic heterocycles.